The van der Waals surface area contributed by atoms with Crippen LogP contribution in [-0.2, 0) is 11.2 Å². The van der Waals surface area contributed by atoms with Gasteiger partial charge in [0.2, 0.25) is 11.8 Å². The van der Waals surface area contributed by atoms with Crippen LogP contribution < -0.4 is 14.8 Å². The third-order valence-electron chi connectivity index (χ3n) is 3.63. The summed E-state index contributed by atoms with van der Waals surface area (Å²) in [5.41, 5.74) is 1.52. The minimum Gasteiger partial charge on any atom is -0.496 e. The van der Waals surface area contributed by atoms with Crippen molar-refractivity contribution in [2.45, 2.75) is 13.3 Å². The number of anilines is 1. The van der Waals surface area contributed by atoms with Gasteiger partial charge >= 0.3 is 6.01 Å². The number of amides is 1. The van der Waals surface area contributed by atoms with Gasteiger partial charge in [-0.3, -0.25) is 10.1 Å². The Hall–Kier alpha value is -3.35. The number of carbonyl (C=O) groups is 1. The Balaban J connectivity index is 1.65. The van der Waals surface area contributed by atoms with Gasteiger partial charge in [0, 0.05) is 11.1 Å². The van der Waals surface area contributed by atoms with Gasteiger partial charge in [-0.2, -0.15) is 0 Å². The van der Waals surface area contributed by atoms with Crippen molar-refractivity contribution in [1.29, 1.82) is 0 Å². The molecule has 0 aliphatic heterocycles. The van der Waals surface area contributed by atoms with E-state index in [1.54, 1.807) is 13.2 Å². The van der Waals surface area contributed by atoms with Crippen LogP contribution in [-0.4, -0.2) is 29.8 Å². The molecule has 0 saturated carbocycles. The third-order valence-corrected chi connectivity index (χ3v) is 3.63. The molecule has 26 heavy (non-hydrogen) atoms. The van der Waals surface area contributed by atoms with Crippen LogP contribution in [0.25, 0.3) is 11.5 Å². The molecule has 1 heterocycles. The van der Waals surface area contributed by atoms with Crippen LogP contribution in [0.1, 0.15) is 12.5 Å². The van der Waals surface area contributed by atoms with Gasteiger partial charge in [-0.25, -0.2) is 0 Å². The smallest absolute Gasteiger partial charge is 0.322 e. The lowest BCUT2D eigenvalue weighted by Crippen LogP contribution is -2.15. The second-order valence-electron chi connectivity index (χ2n) is 5.41. The first-order valence-electron chi connectivity index (χ1n) is 8.18. The van der Waals surface area contributed by atoms with E-state index in [1.807, 2.05) is 49.4 Å². The van der Waals surface area contributed by atoms with E-state index in [4.69, 9.17) is 13.9 Å². The summed E-state index contributed by atoms with van der Waals surface area (Å²) in [6.07, 6.45) is 0.144. The number of carbonyl (C=O) groups excluding carboxylic acids is 1. The number of aromatic nitrogens is 2. The van der Waals surface area contributed by atoms with Crippen molar-refractivity contribution >= 4 is 11.9 Å². The van der Waals surface area contributed by atoms with Crippen LogP contribution >= 0.6 is 0 Å². The average Bonchev–Trinajstić information content (AvgIpc) is 3.11. The van der Waals surface area contributed by atoms with E-state index in [9.17, 15) is 4.79 Å². The van der Waals surface area contributed by atoms with Gasteiger partial charge in [0.05, 0.1) is 20.1 Å². The Bertz CT molecular complexity index is 875. The van der Waals surface area contributed by atoms with Gasteiger partial charge < -0.3 is 13.9 Å². The maximum atomic E-state index is 12.2. The van der Waals surface area contributed by atoms with Crippen molar-refractivity contribution in [3.05, 3.63) is 54.1 Å². The molecule has 134 valence electrons. The fourth-order valence-corrected chi connectivity index (χ4v) is 2.44. The summed E-state index contributed by atoms with van der Waals surface area (Å²) in [4.78, 5) is 12.2. The summed E-state index contributed by atoms with van der Waals surface area (Å²) < 4.78 is 16.1. The number of benzene rings is 2. The number of para-hydroxylation sites is 1. The fourth-order valence-electron chi connectivity index (χ4n) is 2.44. The number of nitrogens with zero attached hydrogens (tertiary/aromatic N) is 2. The number of nitrogens with one attached hydrogen (secondary N) is 1. The zero-order chi connectivity index (χ0) is 18.4. The minimum atomic E-state index is -0.267. The van der Waals surface area contributed by atoms with Gasteiger partial charge in [-0.1, -0.05) is 23.3 Å². The van der Waals surface area contributed by atoms with E-state index < -0.39 is 0 Å². The maximum Gasteiger partial charge on any atom is 0.322 e. The van der Waals surface area contributed by atoms with Crippen LogP contribution in [0, 0.1) is 0 Å². The molecule has 7 heteroatoms. The molecule has 7 nitrogen and oxygen atoms in total. The van der Waals surface area contributed by atoms with Gasteiger partial charge in [-0.15, -0.1) is 5.10 Å². The first-order valence-corrected chi connectivity index (χ1v) is 8.18. The Morgan fingerprint density at radius 2 is 1.88 bits per heavy atom. The number of methoxy groups -OCH3 is 1. The van der Waals surface area contributed by atoms with E-state index in [0.717, 1.165) is 16.9 Å². The second-order valence-corrected chi connectivity index (χ2v) is 5.41. The molecule has 2 aromatic carbocycles. The van der Waals surface area contributed by atoms with E-state index >= 15 is 0 Å². The standard InChI is InChI=1S/C19H19N3O4/c1-3-25-15-10-8-13(9-11-15)18-21-22-19(26-18)20-17(23)12-14-6-4-5-7-16(14)24-2/h4-11H,3,12H2,1-2H3,(H,20,22,23). The normalized spacial score (nSPS) is 10.4. The van der Waals surface area contributed by atoms with Gasteiger partial charge in [0.15, 0.2) is 0 Å². The predicted octanol–water partition coefficient (Wildman–Crippen LogP) is 3.33. The van der Waals surface area contributed by atoms with Crippen molar-refractivity contribution in [3.63, 3.8) is 0 Å². The highest BCUT2D eigenvalue weighted by Gasteiger charge is 2.13. The lowest BCUT2D eigenvalue weighted by Gasteiger charge is -2.07. The number of hydrogen-bond acceptors (Lipinski definition) is 6. The highest BCUT2D eigenvalue weighted by atomic mass is 16.5. The van der Waals surface area contributed by atoms with E-state index in [2.05, 4.69) is 15.5 Å². The monoisotopic (exact) mass is 353 g/mol. The molecule has 0 saturated heterocycles. The molecule has 0 aliphatic carbocycles. The van der Waals surface area contributed by atoms with Crippen molar-refractivity contribution < 1.29 is 18.7 Å². The first-order chi connectivity index (χ1) is 12.7. The molecule has 0 unspecified atom stereocenters. The van der Waals surface area contributed by atoms with Crippen molar-refractivity contribution in [1.82, 2.24) is 10.2 Å². The molecule has 0 atom stereocenters. The van der Waals surface area contributed by atoms with Gasteiger partial charge in [0.25, 0.3) is 0 Å². The van der Waals surface area contributed by atoms with Crippen LogP contribution in [0.5, 0.6) is 11.5 Å². The molecular formula is C19H19N3O4. The molecular weight excluding hydrogens is 334 g/mol. The molecule has 0 spiro atoms. The summed E-state index contributed by atoms with van der Waals surface area (Å²) in [5.74, 6) is 1.47. The largest absolute Gasteiger partial charge is 0.496 e. The Morgan fingerprint density at radius 1 is 1.12 bits per heavy atom. The van der Waals surface area contributed by atoms with Crippen molar-refractivity contribution in [2.24, 2.45) is 0 Å². The Labute approximate surface area is 151 Å². The minimum absolute atomic E-state index is 0.0498. The summed E-state index contributed by atoms with van der Waals surface area (Å²) in [6.45, 7) is 2.52. The zero-order valence-electron chi connectivity index (χ0n) is 14.6. The highest BCUT2D eigenvalue weighted by Crippen LogP contribution is 2.23. The van der Waals surface area contributed by atoms with Crippen molar-refractivity contribution in [3.8, 4) is 23.0 Å². The van der Waals surface area contributed by atoms with E-state index in [-0.39, 0.29) is 18.3 Å². The zero-order valence-corrected chi connectivity index (χ0v) is 14.6. The molecule has 1 amide bonds. The quantitative estimate of drug-likeness (QED) is 0.701. The van der Waals surface area contributed by atoms with Crippen LogP contribution in [0.2, 0.25) is 0 Å². The summed E-state index contributed by atoms with van der Waals surface area (Å²) in [6, 6.07) is 14.7. The van der Waals surface area contributed by atoms with Crippen LogP contribution in [0.15, 0.2) is 52.9 Å². The molecule has 1 aromatic heterocycles. The fraction of sp³-hybridized carbons (Fsp3) is 0.211. The summed E-state index contributed by atoms with van der Waals surface area (Å²) >= 11 is 0. The lowest BCUT2D eigenvalue weighted by molar-refractivity contribution is -0.115. The summed E-state index contributed by atoms with van der Waals surface area (Å²) in [7, 11) is 1.57. The molecule has 3 aromatic rings. The van der Waals surface area contributed by atoms with Crippen LogP contribution in [0.4, 0.5) is 6.01 Å². The SMILES string of the molecule is CCOc1ccc(-c2nnc(NC(=O)Cc3ccccc3OC)o2)cc1. The molecule has 1 N–H and O–H groups in total. The molecule has 3 rings (SSSR count). The second kappa shape index (κ2) is 8.15. The Morgan fingerprint density at radius 3 is 2.62 bits per heavy atom. The lowest BCUT2D eigenvalue weighted by atomic mass is 10.1. The number of rotatable bonds is 7. The van der Waals surface area contributed by atoms with Crippen LogP contribution in [0.3, 0.4) is 0 Å². The Kier molecular flexibility index (Phi) is 5.48. The molecule has 0 radical (unpaired) electrons. The van der Waals surface area contributed by atoms with E-state index in [1.165, 1.54) is 0 Å². The summed E-state index contributed by atoms with van der Waals surface area (Å²) in [5, 5.41) is 10.4. The molecule has 0 bridgehead atoms. The topological polar surface area (TPSA) is 86.5 Å². The van der Waals surface area contributed by atoms with E-state index in [0.29, 0.717) is 18.2 Å². The van der Waals surface area contributed by atoms with Gasteiger partial charge in [0.1, 0.15) is 11.5 Å². The first kappa shape index (κ1) is 17.5. The molecule has 0 fully saturated rings. The number of hydrogen-bond donors (Lipinski definition) is 1. The number of ether oxygens (including phenoxy) is 2. The third kappa shape index (κ3) is 4.18. The average molecular weight is 353 g/mol. The van der Waals surface area contributed by atoms with Crippen molar-refractivity contribution in [2.75, 3.05) is 19.0 Å². The van der Waals surface area contributed by atoms with Gasteiger partial charge in [-0.05, 0) is 37.3 Å². The highest BCUT2D eigenvalue weighted by molar-refractivity contribution is 5.90. The molecule has 0 aliphatic rings. The maximum absolute atomic E-state index is 12.2. The predicted molar refractivity (Wildman–Crippen MR) is 96.2 cm³/mol.